The van der Waals surface area contributed by atoms with E-state index in [1.807, 2.05) is 13.8 Å². The lowest BCUT2D eigenvalue weighted by Gasteiger charge is -2.01. The van der Waals surface area contributed by atoms with Crippen molar-refractivity contribution in [3.63, 3.8) is 0 Å². The van der Waals surface area contributed by atoms with Gasteiger partial charge in [-0.25, -0.2) is 0 Å². The van der Waals surface area contributed by atoms with Crippen LogP contribution in [0.1, 0.15) is 17.0 Å². The molecule has 0 bridgehead atoms. The Bertz CT molecular complexity index is 593. The van der Waals surface area contributed by atoms with E-state index >= 15 is 0 Å². The molecule has 0 unspecified atom stereocenters. The highest BCUT2D eigenvalue weighted by Crippen LogP contribution is 2.16. The first-order chi connectivity index (χ1) is 9.06. The van der Waals surface area contributed by atoms with Crippen LogP contribution in [0.3, 0.4) is 0 Å². The molecular weight excluding hydrogens is 242 g/mol. The number of rotatable bonds is 3. The van der Waals surface area contributed by atoms with Gasteiger partial charge in [0.15, 0.2) is 0 Å². The lowest BCUT2D eigenvalue weighted by atomic mass is 10.2. The second-order valence-corrected chi connectivity index (χ2v) is 4.22. The molecular formula is C14H15N3O2. The van der Waals surface area contributed by atoms with Crippen LogP contribution in [0.5, 0.6) is 5.75 Å². The van der Waals surface area contributed by atoms with Gasteiger partial charge in [-0.2, -0.15) is 5.10 Å². The van der Waals surface area contributed by atoms with Gasteiger partial charge in [0, 0.05) is 6.08 Å². The molecule has 0 fully saturated rings. The minimum Gasteiger partial charge on any atom is -0.508 e. The Morgan fingerprint density at radius 3 is 2.58 bits per heavy atom. The van der Waals surface area contributed by atoms with Gasteiger partial charge in [-0.15, -0.1) is 0 Å². The highest BCUT2D eigenvalue weighted by molar-refractivity contribution is 6.02. The Kier molecular flexibility index (Phi) is 3.66. The summed E-state index contributed by atoms with van der Waals surface area (Å²) in [5.41, 5.74) is 3.13. The molecule has 1 aromatic carbocycles. The smallest absolute Gasteiger partial charge is 0.248 e. The Morgan fingerprint density at radius 1 is 1.32 bits per heavy atom. The summed E-state index contributed by atoms with van der Waals surface area (Å²) < 4.78 is 0. The highest BCUT2D eigenvalue weighted by atomic mass is 16.3. The van der Waals surface area contributed by atoms with E-state index in [0.717, 1.165) is 17.0 Å². The molecule has 19 heavy (non-hydrogen) atoms. The standard InChI is InChI=1S/C14H15N3O2/c1-9-14(10(2)17-16-9)15-13(19)8-5-11-3-6-12(18)7-4-11/h3-8,18H,1-2H3,(H,15,19)(H,16,17)/b8-5+. The Morgan fingerprint density at radius 2 is 2.00 bits per heavy atom. The molecule has 2 aromatic rings. The molecule has 0 aliphatic carbocycles. The van der Waals surface area contributed by atoms with Gasteiger partial charge in [0.25, 0.3) is 0 Å². The van der Waals surface area contributed by atoms with Crippen LogP contribution in [0.4, 0.5) is 5.69 Å². The second kappa shape index (κ2) is 5.39. The lowest BCUT2D eigenvalue weighted by molar-refractivity contribution is -0.111. The molecule has 0 aliphatic rings. The van der Waals surface area contributed by atoms with E-state index in [9.17, 15) is 4.79 Å². The van der Waals surface area contributed by atoms with Crippen LogP contribution >= 0.6 is 0 Å². The molecule has 0 saturated heterocycles. The molecule has 98 valence electrons. The minimum absolute atomic E-state index is 0.200. The van der Waals surface area contributed by atoms with Gasteiger partial charge in [-0.05, 0) is 37.6 Å². The van der Waals surface area contributed by atoms with Crippen LogP contribution < -0.4 is 5.32 Å². The van der Waals surface area contributed by atoms with Crippen LogP contribution in [0.25, 0.3) is 6.08 Å². The predicted molar refractivity (Wildman–Crippen MR) is 73.8 cm³/mol. The number of aromatic hydroxyl groups is 1. The van der Waals surface area contributed by atoms with Crippen LogP contribution in [0.15, 0.2) is 30.3 Å². The summed E-state index contributed by atoms with van der Waals surface area (Å²) in [6, 6.07) is 6.60. The zero-order valence-electron chi connectivity index (χ0n) is 10.8. The van der Waals surface area contributed by atoms with Crippen molar-refractivity contribution in [3.8, 4) is 5.75 Å². The van der Waals surface area contributed by atoms with Crippen LogP contribution in [0, 0.1) is 13.8 Å². The number of amides is 1. The number of hydrogen-bond acceptors (Lipinski definition) is 3. The number of phenolic OH excluding ortho intramolecular Hbond substituents is 1. The van der Waals surface area contributed by atoms with E-state index in [2.05, 4.69) is 15.5 Å². The number of aromatic nitrogens is 2. The molecule has 3 N–H and O–H groups in total. The number of anilines is 1. The number of phenols is 1. The molecule has 1 aromatic heterocycles. The number of carbonyl (C=O) groups is 1. The van der Waals surface area contributed by atoms with Crippen molar-refractivity contribution in [1.82, 2.24) is 10.2 Å². The van der Waals surface area contributed by atoms with Gasteiger partial charge in [0.05, 0.1) is 17.1 Å². The SMILES string of the molecule is Cc1n[nH]c(C)c1NC(=O)/C=C/c1ccc(O)cc1. The van der Waals surface area contributed by atoms with Gasteiger partial charge in [-0.1, -0.05) is 12.1 Å². The third kappa shape index (κ3) is 3.22. The normalized spacial score (nSPS) is 10.8. The highest BCUT2D eigenvalue weighted by Gasteiger charge is 2.07. The summed E-state index contributed by atoms with van der Waals surface area (Å²) in [5, 5.41) is 18.7. The Hall–Kier alpha value is -2.56. The maximum absolute atomic E-state index is 11.8. The number of H-pyrrole nitrogens is 1. The van der Waals surface area contributed by atoms with Crippen molar-refractivity contribution in [3.05, 3.63) is 47.3 Å². The summed E-state index contributed by atoms with van der Waals surface area (Å²) in [5.74, 6) is -0.0214. The molecule has 1 heterocycles. The van der Waals surface area contributed by atoms with Crippen molar-refractivity contribution < 1.29 is 9.90 Å². The van der Waals surface area contributed by atoms with Crippen molar-refractivity contribution >= 4 is 17.7 Å². The molecule has 1 amide bonds. The fourth-order valence-corrected chi connectivity index (χ4v) is 1.66. The monoisotopic (exact) mass is 257 g/mol. The van der Waals surface area contributed by atoms with Crippen LogP contribution in [-0.4, -0.2) is 21.2 Å². The molecule has 0 saturated carbocycles. The van der Waals surface area contributed by atoms with Crippen LogP contribution in [0.2, 0.25) is 0 Å². The summed E-state index contributed by atoms with van der Waals surface area (Å²) >= 11 is 0. The van der Waals surface area contributed by atoms with Gasteiger partial charge in [-0.3, -0.25) is 9.89 Å². The van der Waals surface area contributed by atoms with Gasteiger partial charge < -0.3 is 10.4 Å². The first kappa shape index (κ1) is 12.9. The number of aromatic amines is 1. The van der Waals surface area contributed by atoms with Gasteiger partial charge in [0.1, 0.15) is 5.75 Å². The van der Waals surface area contributed by atoms with Gasteiger partial charge >= 0.3 is 0 Å². The van der Waals surface area contributed by atoms with E-state index in [0.29, 0.717) is 5.69 Å². The fourth-order valence-electron chi connectivity index (χ4n) is 1.66. The summed E-state index contributed by atoms with van der Waals surface area (Å²) in [4.78, 5) is 11.8. The zero-order chi connectivity index (χ0) is 13.8. The second-order valence-electron chi connectivity index (χ2n) is 4.22. The van der Waals surface area contributed by atoms with Crippen molar-refractivity contribution in [2.75, 3.05) is 5.32 Å². The van der Waals surface area contributed by atoms with Crippen molar-refractivity contribution in [2.45, 2.75) is 13.8 Å². The van der Waals surface area contributed by atoms with E-state index in [1.165, 1.54) is 6.08 Å². The molecule has 0 aliphatic heterocycles. The average molecular weight is 257 g/mol. The molecule has 2 rings (SSSR count). The fraction of sp³-hybridized carbons (Fsp3) is 0.143. The van der Waals surface area contributed by atoms with Crippen molar-refractivity contribution in [1.29, 1.82) is 0 Å². The lowest BCUT2D eigenvalue weighted by Crippen LogP contribution is -2.09. The molecule has 5 nitrogen and oxygen atoms in total. The zero-order valence-corrected chi connectivity index (χ0v) is 10.8. The van der Waals surface area contributed by atoms with Crippen LogP contribution in [-0.2, 0) is 4.79 Å². The number of benzene rings is 1. The van der Waals surface area contributed by atoms with E-state index in [-0.39, 0.29) is 11.7 Å². The topological polar surface area (TPSA) is 78.0 Å². The molecule has 0 spiro atoms. The first-order valence-electron chi connectivity index (χ1n) is 5.86. The summed E-state index contributed by atoms with van der Waals surface area (Å²) in [6.07, 6.45) is 3.12. The van der Waals surface area contributed by atoms with E-state index in [4.69, 9.17) is 5.11 Å². The van der Waals surface area contributed by atoms with Gasteiger partial charge in [0.2, 0.25) is 5.91 Å². The summed E-state index contributed by atoms with van der Waals surface area (Å²) in [6.45, 7) is 3.67. The number of nitrogens with zero attached hydrogens (tertiary/aromatic N) is 1. The largest absolute Gasteiger partial charge is 0.508 e. The number of hydrogen-bond donors (Lipinski definition) is 3. The molecule has 5 heteroatoms. The molecule has 0 radical (unpaired) electrons. The third-order valence-electron chi connectivity index (χ3n) is 2.70. The first-order valence-corrected chi connectivity index (χ1v) is 5.86. The van der Waals surface area contributed by atoms with E-state index in [1.54, 1.807) is 30.3 Å². The predicted octanol–water partition coefficient (Wildman–Crippen LogP) is 2.38. The quantitative estimate of drug-likeness (QED) is 0.739. The minimum atomic E-state index is -0.222. The summed E-state index contributed by atoms with van der Waals surface area (Å²) in [7, 11) is 0. The number of nitrogens with one attached hydrogen (secondary N) is 2. The Balaban J connectivity index is 2.04. The third-order valence-corrected chi connectivity index (χ3v) is 2.70. The maximum Gasteiger partial charge on any atom is 0.248 e. The number of aryl methyl sites for hydroxylation is 2. The van der Waals surface area contributed by atoms with Crippen molar-refractivity contribution in [2.24, 2.45) is 0 Å². The molecule has 0 atom stereocenters. The number of carbonyl (C=O) groups excluding carboxylic acids is 1. The van der Waals surface area contributed by atoms with E-state index < -0.39 is 0 Å². The maximum atomic E-state index is 11.8. The average Bonchev–Trinajstić information content (AvgIpc) is 2.70. The Labute approximate surface area is 111 Å².